The van der Waals surface area contributed by atoms with E-state index in [0.717, 1.165) is 25.5 Å². The van der Waals surface area contributed by atoms with Gasteiger partial charge in [-0.2, -0.15) is 15.0 Å². The summed E-state index contributed by atoms with van der Waals surface area (Å²) in [4.78, 5) is 18.0. The maximum atomic E-state index is 4.65. The lowest BCUT2D eigenvalue weighted by Crippen LogP contribution is -2.32. The van der Waals surface area contributed by atoms with Crippen LogP contribution in [-0.4, -0.2) is 48.2 Å². The molecule has 0 saturated heterocycles. The minimum atomic E-state index is 0.595. The molecular formula is C15H28N6. The van der Waals surface area contributed by atoms with E-state index in [1.165, 1.54) is 12.8 Å². The zero-order valence-corrected chi connectivity index (χ0v) is 13.9. The molecule has 118 valence electrons. The number of hydrogen-bond acceptors (Lipinski definition) is 6. The summed E-state index contributed by atoms with van der Waals surface area (Å²) in [5, 5.41) is 3.28. The minimum Gasteiger partial charge on any atom is -0.354 e. The number of nitrogens with one attached hydrogen (secondary N) is 1. The standard InChI is InChI=1S/C15H28N6/c1-6-9-16-13-17-14(20(4)5)19-15(18-13)21(10-11(2)3)12-7-8-12/h11-12H,6-10H2,1-5H3,(H,16,17,18,19). The van der Waals surface area contributed by atoms with Gasteiger partial charge in [0.15, 0.2) is 0 Å². The topological polar surface area (TPSA) is 57.2 Å². The van der Waals surface area contributed by atoms with Gasteiger partial charge < -0.3 is 15.1 Å². The summed E-state index contributed by atoms with van der Waals surface area (Å²) >= 11 is 0. The predicted octanol–water partition coefficient (Wildman–Crippen LogP) is 2.38. The highest BCUT2D eigenvalue weighted by molar-refractivity contribution is 5.46. The van der Waals surface area contributed by atoms with Gasteiger partial charge in [-0.05, 0) is 25.2 Å². The summed E-state index contributed by atoms with van der Waals surface area (Å²) in [5.74, 6) is 2.80. The third kappa shape index (κ3) is 4.44. The van der Waals surface area contributed by atoms with Crippen LogP contribution < -0.4 is 15.1 Å². The van der Waals surface area contributed by atoms with Crippen LogP contribution in [0.4, 0.5) is 17.8 Å². The second kappa shape index (κ2) is 6.91. The van der Waals surface area contributed by atoms with Crippen molar-refractivity contribution in [1.29, 1.82) is 0 Å². The third-order valence-electron chi connectivity index (χ3n) is 3.35. The van der Waals surface area contributed by atoms with Crippen LogP contribution in [0.25, 0.3) is 0 Å². The second-order valence-corrected chi connectivity index (χ2v) is 6.36. The average Bonchev–Trinajstić information content (AvgIpc) is 3.26. The Morgan fingerprint density at radius 2 is 1.81 bits per heavy atom. The highest BCUT2D eigenvalue weighted by Gasteiger charge is 2.32. The normalized spacial score (nSPS) is 14.4. The van der Waals surface area contributed by atoms with Crippen molar-refractivity contribution in [2.75, 3.05) is 42.3 Å². The fraction of sp³-hybridized carbons (Fsp3) is 0.800. The summed E-state index contributed by atoms with van der Waals surface area (Å²) in [5.41, 5.74) is 0. The Morgan fingerprint density at radius 1 is 1.14 bits per heavy atom. The Morgan fingerprint density at radius 3 is 2.33 bits per heavy atom. The van der Waals surface area contributed by atoms with E-state index in [0.29, 0.717) is 23.9 Å². The maximum absolute atomic E-state index is 4.65. The minimum absolute atomic E-state index is 0.595. The van der Waals surface area contributed by atoms with E-state index >= 15 is 0 Å². The van der Waals surface area contributed by atoms with Crippen molar-refractivity contribution < 1.29 is 0 Å². The first-order valence-corrected chi connectivity index (χ1v) is 7.95. The molecule has 6 nitrogen and oxygen atoms in total. The molecule has 21 heavy (non-hydrogen) atoms. The van der Waals surface area contributed by atoms with E-state index in [-0.39, 0.29) is 0 Å². The molecule has 1 aromatic heterocycles. The van der Waals surface area contributed by atoms with Crippen molar-refractivity contribution >= 4 is 17.8 Å². The van der Waals surface area contributed by atoms with Crippen LogP contribution in [0.3, 0.4) is 0 Å². The summed E-state index contributed by atoms with van der Waals surface area (Å²) in [6, 6.07) is 0.601. The van der Waals surface area contributed by atoms with Crippen LogP contribution >= 0.6 is 0 Å². The number of aromatic nitrogens is 3. The van der Waals surface area contributed by atoms with E-state index in [1.807, 2.05) is 19.0 Å². The monoisotopic (exact) mass is 292 g/mol. The van der Waals surface area contributed by atoms with Gasteiger partial charge in [-0.15, -0.1) is 0 Å². The fourth-order valence-corrected chi connectivity index (χ4v) is 2.17. The molecule has 1 aliphatic carbocycles. The first-order valence-electron chi connectivity index (χ1n) is 7.95. The molecule has 1 fully saturated rings. The van der Waals surface area contributed by atoms with Crippen molar-refractivity contribution in [3.63, 3.8) is 0 Å². The SMILES string of the molecule is CCCNc1nc(N(C)C)nc(N(CC(C)C)C2CC2)n1. The maximum Gasteiger partial charge on any atom is 0.232 e. The molecule has 0 bridgehead atoms. The summed E-state index contributed by atoms with van der Waals surface area (Å²) < 4.78 is 0. The summed E-state index contributed by atoms with van der Waals surface area (Å²) in [7, 11) is 3.93. The van der Waals surface area contributed by atoms with Gasteiger partial charge in [0.05, 0.1) is 0 Å². The van der Waals surface area contributed by atoms with E-state index in [2.05, 4.69) is 45.9 Å². The Hall–Kier alpha value is -1.59. The van der Waals surface area contributed by atoms with Gasteiger partial charge in [0, 0.05) is 33.2 Å². The van der Waals surface area contributed by atoms with Gasteiger partial charge in [0.2, 0.25) is 17.8 Å². The largest absolute Gasteiger partial charge is 0.354 e. The van der Waals surface area contributed by atoms with Gasteiger partial charge in [0.1, 0.15) is 0 Å². The highest BCUT2D eigenvalue weighted by Crippen LogP contribution is 2.31. The number of rotatable bonds is 8. The van der Waals surface area contributed by atoms with Crippen LogP contribution in [0.5, 0.6) is 0 Å². The van der Waals surface area contributed by atoms with Crippen LogP contribution in [0.15, 0.2) is 0 Å². The van der Waals surface area contributed by atoms with Crippen LogP contribution in [0.1, 0.15) is 40.0 Å². The molecule has 0 aliphatic heterocycles. The molecule has 1 N–H and O–H groups in total. The average molecular weight is 292 g/mol. The Balaban J connectivity index is 2.28. The Kier molecular flexibility index (Phi) is 5.20. The molecule has 6 heteroatoms. The molecule has 0 atom stereocenters. The Bertz CT molecular complexity index is 455. The fourth-order valence-electron chi connectivity index (χ4n) is 2.17. The molecule has 1 aliphatic rings. The third-order valence-corrected chi connectivity index (χ3v) is 3.35. The molecule has 2 rings (SSSR count). The Labute approximate surface area is 128 Å². The van der Waals surface area contributed by atoms with Gasteiger partial charge >= 0.3 is 0 Å². The quantitative estimate of drug-likeness (QED) is 0.794. The van der Waals surface area contributed by atoms with Crippen LogP contribution in [0.2, 0.25) is 0 Å². The zero-order chi connectivity index (χ0) is 15.4. The van der Waals surface area contributed by atoms with Crippen molar-refractivity contribution in [2.45, 2.75) is 46.1 Å². The second-order valence-electron chi connectivity index (χ2n) is 6.36. The highest BCUT2D eigenvalue weighted by atomic mass is 15.4. The molecule has 0 spiro atoms. The van der Waals surface area contributed by atoms with Crippen LogP contribution in [0, 0.1) is 5.92 Å². The van der Waals surface area contributed by atoms with Gasteiger partial charge in [-0.3, -0.25) is 0 Å². The molecule has 1 saturated carbocycles. The lowest BCUT2D eigenvalue weighted by Gasteiger charge is -2.25. The zero-order valence-electron chi connectivity index (χ0n) is 13.9. The van der Waals surface area contributed by atoms with Gasteiger partial charge in [-0.25, -0.2) is 0 Å². The van der Waals surface area contributed by atoms with E-state index in [9.17, 15) is 0 Å². The predicted molar refractivity (Wildman–Crippen MR) is 88.1 cm³/mol. The molecule has 1 heterocycles. The molecular weight excluding hydrogens is 264 g/mol. The number of nitrogens with zero attached hydrogens (tertiary/aromatic N) is 5. The van der Waals surface area contributed by atoms with E-state index in [1.54, 1.807) is 0 Å². The van der Waals surface area contributed by atoms with Gasteiger partial charge in [-0.1, -0.05) is 20.8 Å². The lowest BCUT2D eigenvalue weighted by atomic mass is 10.2. The molecule has 0 unspecified atom stereocenters. The lowest BCUT2D eigenvalue weighted by molar-refractivity contribution is 0.596. The first-order chi connectivity index (χ1) is 10.0. The molecule has 0 amide bonds. The number of hydrogen-bond donors (Lipinski definition) is 1. The van der Waals surface area contributed by atoms with Crippen molar-refractivity contribution in [3.05, 3.63) is 0 Å². The summed E-state index contributed by atoms with van der Waals surface area (Å²) in [6.07, 6.45) is 3.54. The smallest absolute Gasteiger partial charge is 0.232 e. The number of anilines is 3. The van der Waals surface area contributed by atoms with Gasteiger partial charge in [0.25, 0.3) is 0 Å². The molecule has 1 aromatic rings. The first kappa shape index (κ1) is 15.8. The molecule has 0 radical (unpaired) electrons. The van der Waals surface area contributed by atoms with E-state index in [4.69, 9.17) is 0 Å². The van der Waals surface area contributed by atoms with Crippen molar-refractivity contribution in [3.8, 4) is 0 Å². The van der Waals surface area contributed by atoms with Crippen molar-refractivity contribution in [1.82, 2.24) is 15.0 Å². The van der Waals surface area contributed by atoms with E-state index < -0.39 is 0 Å². The van der Waals surface area contributed by atoms with Crippen molar-refractivity contribution in [2.24, 2.45) is 5.92 Å². The molecule has 0 aromatic carbocycles. The van der Waals surface area contributed by atoms with Crippen LogP contribution in [-0.2, 0) is 0 Å². The summed E-state index contributed by atoms with van der Waals surface area (Å²) in [6.45, 7) is 8.48.